The summed E-state index contributed by atoms with van der Waals surface area (Å²) < 4.78 is 4.84. The molecule has 0 saturated carbocycles. The second-order valence-electron chi connectivity index (χ2n) is 6.49. The lowest BCUT2D eigenvalue weighted by atomic mass is 10.0. The van der Waals surface area contributed by atoms with E-state index in [4.69, 9.17) is 4.74 Å². The Hall–Kier alpha value is -3.40. The average Bonchev–Trinajstić information content (AvgIpc) is 2.77. The maximum atomic E-state index is 13.3. The van der Waals surface area contributed by atoms with Crippen LogP contribution in [0.5, 0.6) is 0 Å². The molecule has 0 unspecified atom stereocenters. The predicted octanol–water partition coefficient (Wildman–Crippen LogP) is 4.36. The van der Waals surface area contributed by atoms with Crippen molar-refractivity contribution in [3.8, 4) is 0 Å². The minimum absolute atomic E-state index is 0.180. The van der Waals surface area contributed by atoms with E-state index in [1.54, 1.807) is 29.2 Å². The van der Waals surface area contributed by atoms with Crippen molar-refractivity contribution in [2.75, 3.05) is 13.7 Å². The zero-order chi connectivity index (χ0) is 19.8. The number of carbonyl (C=O) groups excluding carboxylic acids is 2. The number of nitrogens with zero attached hydrogens (tertiary/aromatic N) is 1. The predicted molar refractivity (Wildman–Crippen MR) is 109 cm³/mol. The first-order valence-corrected chi connectivity index (χ1v) is 9.23. The molecule has 3 aromatic carbocycles. The van der Waals surface area contributed by atoms with E-state index >= 15 is 0 Å². The monoisotopic (exact) mass is 373 g/mol. The quantitative estimate of drug-likeness (QED) is 0.578. The van der Waals surface area contributed by atoms with Crippen LogP contribution in [0.2, 0.25) is 0 Å². The van der Waals surface area contributed by atoms with E-state index in [1.807, 2.05) is 60.7 Å². The molecule has 0 aromatic heterocycles. The number of carbonyl (C=O) groups is 2. The summed E-state index contributed by atoms with van der Waals surface area (Å²) >= 11 is 0. The number of methoxy groups -OCH3 is 1. The molecule has 3 aromatic rings. The molecule has 0 saturated heterocycles. The largest absolute Gasteiger partial charge is 0.465 e. The summed E-state index contributed by atoms with van der Waals surface area (Å²) in [6, 6.07) is 26.7. The van der Waals surface area contributed by atoms with Gasteiger partial charge in [0, 0.05) is 13.1 Å². The van der Waals surface area contributed by atoms with Crippen molar-refractivity contribution in [1.82, 2.24) is 4.90 Å². The number of rotatable bonds is 7. The molecule has 0 aliphatic heterocycles. The fourth-order valence-electron chi connectivity index (χ4n) is 3.09. The van der Waals surface area contributed by atoms with Gasteiger partial charge in [-0.05, 0) is 29.7 Å². The molecule has 0 N–H and O–H groups in total. The van der Waals surface area contributed by atoms with Crippen LogP contribution in [0.3, 0.4) is 0 Å². The van der Waals surface area contributed by atoms with Gasteiger partial charge < -0.3 is 9.64 Å². The number of esters is 1. The van der Waals surface area contributed by atoms with E-state index in [1.165, 1.54) is 7.11 Å². The minimum Gasteiger partial charge on any atom is -0.465 e. The van der Waals surface area contributed by atoms with Gasteiger partial charge in [0.2, 0.25) is 0 Å². The summed E-state index contributed by atoms with van der Waals surface area (Å²) in [4.78, 5) is 27.2. The number of hydrogen-bond acceptors (Lipinski definition) is 3. The van der Waals surface area contributed by atoms with Crippen LogP contribution < -0.4 is 0 Å². The van der Waals surface area contributed by atoms with Crippen LogP contribution in [0, 0.1) is 0 Å². The maximum absolute atomic E-state index is 13.3. The molecule has 28 heavy (non-hydrogen) atoms. The Morgan fingerprint density at radius 2 is 1.29 bits per heavy atom. The highest BCUT2D eigenvalue weighted by molar-refractivity contribution is 6.05. The Bertz CT molecular complexity index is 923. The van der Waals surface area contributed by atoms with E-state index < -0.39 is 5.97 Å². The number of ether oxygens (including phenoxy) is 1. The Balaban J connectivity index is 1.87. The van der Waals surface area contributed by atoms with Crippen molar-refractivity contribution >= 4 is 11.9 Å². The van der Waals surface area contributed by atoms with Crippen LogP contribution in [-0.4, -0.2) is 30.4 Å². The average molecular weight is 373 g/mol. The van der Waals surface area contributed by atoms with Gasteiger partial charge in [-0.25, -0.2) is 4.79 Å². The van der Waals surface area contributed by atoms with E-state index in [9.17, 15) is 9.59 Å². The van der Waals surface area contributed by atoms with Crippen molar-refractivity contribution in [3.05, 3.63) is 107 Å². The lowest BCUT2D eigenvalue weighted by molar-refractivity contribution is 0.0589. The molecule has 0 radical (unpaired) electrons. The first-order valence-electron chi connectivity index (χ1n) is 9.23. The smallest absolute Gasteiger partial charge is 0.338 e. The van der Waals surface area contributed by atoms with Gasteiger partial charge in [-0.15, -0.1) is 0 Å². The summed E-state index contributed by atoms with van der Waals surface area (Å²) in [6.45, 7) is 1.02. The molecule has 0 heterocycles. The van der Waals surface area contributed by atoms with Crippen LogP contribution in [0.4, 0.5) is 0 Å². The molecular weight excluding hydrogens is 350 g/mol. The van der Waals surface area contributed by atoms with Gasteiger partial charge in [0.15, 0.2) is 0 Å². The van der Waals surface area contributed by atoms with E-state index in [-0.39, 0.29) is 11.5 Å². The lowest BCUT2D eigenvalue weighted by Gasteiger charge is -2.24. The molecule has 0 aliphatic carbocycles. The molecule has 4 nitrogen and oxygen atoms in total. The Labute approximate surface area is 165 Å². The third kappa shape index (κ3) is 4.86. The fraction of sp³-hybridized carbons (Fsp3) is 0.167. The van der Waals surface area contributed by atoms with Crippen molar-refractivity contribution in [1.29, 1.82) is 0 Å². The van der Waals surface area contributed by atoms with Gasteiger partial charge in [-0.2, -0.15) is 0 Å². The summed E-state index contributed by atoms with van der Waals surface area (Å²) in [5, 5.41) is 0. The van der Waals surface area contributed by atoms with Gasteiger partial charge in [0.1, 0.15) is 0 Å². The van der Waals surface area contributed by atoms with Crippen LogP contribution in [-0.2, 0) is 17.7 Å². The lowest BCUT2D eigenvalue weighted by Crippen LogP contribution is -2.33. The zero-order valence-electron chi connectivity index (χ0n) is 15.9. The van der Waals surface area contributed by atoms with Crippen molar-refractivity contribution in [2.45, 2.75) is 13.0 Å². The highest BCUT2D eigenvalue weighted by Gasteiger charge is 2.22. The van der Waals surface area contributed by atoms with Crippen LogP contribution in [0.15, 0.2) is 84.9 Å². The molecule has 0 aliphatic rings. The second kappa shape index (κ2) is 9.51. The van der Waals surface area contributed by atoms with E-state index in [2.05, 4.69) is 0 Å². The summed E-state index contributed by atoms with van der Waals surface area (Å²) in [5.74, 6) is -0.688. The maximum Gasteiger partial charge on any atom is 0.338 e. The van der Waals surface area contributed by atoms with Crippen LogP contribution in [0.1, 0.15) is 31.8 Å². The number of hydrogen-bond donors (Lipinski definition) is 0. The van der Waals surface area contributed by atoms with Crippen molar-refractivity contribution in [3.63, 3.8) is 0 Å². The topological polar surface area (TPSA) is 46.6 Å². The van der Waals surface area contributed by atoms with E-state index in [0.29, 0.717) is 18.7 Å². The van der Waals surface area contributed by atoms with Crippen LogP contribution in [0.25, 0.3) is 0 Å². The van der Waals surface area contributed by atoms with Gasteiger partial charge >= 0.3 is 5.97 Å². The normalized spacial score (nSPS) is 10.3. The van der Waals surface area contributed by atoms with Gasteiger partial charge in [0.25, 0.3) is 5.91 Å². The van der Waals surface area contributed by atoms with Gasteiger partial charge in [-0.3, -0.25) is 4.79 Å². The zero-order valence-corrected chi connectivity index (χ0v) is 15.9. The highest BCUT2D eigenvalue weighted by Crippen LogP contribution is 2.16. The molecular formula is C24H23NO3. The second-order valence-corrected chi connectivity index (χ2v) is 6.49. The summed E-state index contributed by atoms with van der Waals surface area (Å²) in [7, 11) is 1.32. The fourth-order valence-corrected chi connectivity index (χ4v) is 3.09. The summed E-state index contributed by atoms with van der Waals surface area (Å²) in [6.07, 6.45) is 0.736. The minimum atomic E-state index is -0.508. The standard InChI is InChI=1S/C24H23NO3/c1-28-24(27)22-15-9-8-14-21(22)23(26)25(18-20-12-6-3-7-13-20)17-16-19-10-4-2-5-11-19/h2-15H,16-18H2,1H3. The third-order valence-electron chi connectivity index (χ3n) is 4.58. The summed E-state index contributed by atoms with van der Waals surface area (Å²) in [5.41, 5.74) is 2.85. The van der Waals surface area contributed by atoms with Crippen molar-refractivity contribution < 1.29 is 14.3 Å². The number of amides is 1. The van der Waals surface area contributed by atoms with Gasteiger partial charge in [-0.1, -0.05) is 72.8 Å². The van der Waals surface area contributed by atoms with Crippen molar-refractivity contribution in [2.24, 2.45) is 0 Å². The Morgan fingerprint density at radius 1 is 0.750 bits per heavy atom. The molecule has 1 amide bonds. The Kier molecular flexibility index (Phi) is 6.58. The molecule has 3 rings (SSSR count). The molecule has 4 heteroatoms. The molecule has 0 bridgehead atoms. The number of benzene rings is 3. The molecule has 0 spiro atoms. The SMILES string of the molecule is COC(=O)c1ccccc1C(=O)N(CCc1ccccc1)Cc1ccccc1. The Morgan fingerprint density at radius 3 is 1.89 bits per heavy atom. The first kappa shape index (κ1) is 19.4. The molecule has 0 atom stereocenters. The van der Waals surface area contributed by atoms with Crippen LogP contribution >= 0.6 is 0 Å². The van der Waals surface area contributed by atoms with Gasteiger partial charge in [0.05, 0.1) is 18.2 Å². The highest BCUT2D eigenvalue weighted by atomic mass is 16.5. The molecule has 142 valence electrons. The first-order chi connectivity index (χ1) is 13.7. The van der Waals surface area contributed by atoms with E-state index in [0.717, 1.165) is 17.5 Å². The molecule has 0 fully saturated rings. The third-order valence-corrected chi connectivity index (χ3v) is 4.58.